The van der Waals surface area contributed by atoms with Crippen molar-refractivity contribution in [3.63, 3.8) is 0 Å². The van der Waals surface area contributed by atoms with E-state index in [4.69, 9.17) is 14.2 Å². The van der Waals surface area contributed by atoms with E-state index in [0.717, 1.165) is 12.0 Å². The molecule has 3 aromatic carbocycles. The zero-order valence-corrected chi connectivity index (χ0v) is 16.2. The van der Waals surface area contributed by atoms with Crippen molar-refractivity contribution < 1.29 is 23.8 Å². The Hall–Kier alpha value is -3.34. The fourth-order valence-corrected chi connectivity index (χ4v) is 3.08. The molecule has 144 valence electrons. The zero-order chi connectivity index (χ0) is 20.1. The molecule has 0 atom stereocenters. The van der Waals surface area contributed by atoms with E-state index in [1.807, 2.05) is 43.3 Å². The van der Waals surface area contributed by atoms with Crippen LogP contribution in [0, 0.1) is 0 Å². The van der Waals surface area contributed by atoms with Crippen LogP contribution in [0.5, 0.6) is 17.2 Å². The van der Waals surface area contributed by atoms with Gasteiger partial charge >= 0.3 is 11.9 Å². The van der Waals surface area contributed by atoms with Crippen LogP contribution in [0.15, 0.2) is 54.6 Å². The molecule has 0 aliphatic rings. The lowest BCUT2D eigenvalue weighted by Crippen LogP contribution is -2.07. The van der Waals surface area contributed by atoms with E-state index in [2.05, 4.69) is 12.1 Å². The number of carbonyl (C=O) groups excluding carboxylic acids is 2. The van der Waals surface area contributed by atoms with Gasteiger partial charge in [0, 0.05) is 30.7 Å². The first-order chi connectivity index (χ1) is 13.5. The molecule has 0 aromatic heterocycles. The fraction of sp³-hybridized carbons (Fsp3) is 0.217. The van der Waals surface area contributed by atoms with Gasteiger partial charge in [-0.3, -0.25) is 9.59 Å². The van der Waals surface area contributed by atoms with Crippen molar-refractivity contribution in [2.45, 2.75) is 27.2 Å². The van der Waals surface area contributed by atoms with E-state index < -0.39 is 11.9 Å². The largest absolute Gasteiger partial charge is 0.490 e. The van der Waals surface area contributed by atoms with Crippen molar-refractivity contribution in [1.82, 2.24) is 0 Å². The summed E-state index contributed by atoms with van der Waals surface area (Å²) < 4.78 is 16.5. The number of rotatable bonds is 6. The SMILES string of the molecule is CCOc1cc(OC(C)=O)c2cc(Cc3ccccc3)ccc2c1OC(C)=O. The Bertz CT molecular complexity index is 1010. The van der Waals surface area contributed by atoms with Gasteiger partial charge in [-0.25, -0.2) is 0 Å². The summed E-state index contributed by atoms with van der Waals surface area (Å²) in [5.74, 6) is 0.175. The van der Waals surface area contributed by atoms with Crippen molar-refractivity contribution in [2.24, 2.45) is 0 Å². The molecule has 0 heterocycles. The van der Waals surface area contributed by atoms with Gasteiger partial charge in [0.15, 0.2) is 11.5 Å². The lowest BCUT2D eigenvalue weighted by atomic mass is 10.00. The van der Waals surface area contributed by atoms with Gasteiger partial charge in [-0.1, -0.05) is 42.5 Å². The van der Waals surface area contributed by atoms with Gasteiger partial charge in [0.1, 0.15) is 5.75 Å². The van der Waals surface area contributed by atoms with Crippen LogP contribution in [0.25, 0.3) is 10.8 Å². The minimum absolute atomic E-state index is 0.325. The second-order valence-electron chi connectivity index (χ2n) is 6.36. The zero-order valence-electron chi connectivity index (χ0n) is 16.2. The second-order valence-corrected chi connectivity index (χ2v) is 6.36. The Balaban J connectivity index is 2.16. The summed E-state index contributed by atoms with van der Waals surface area (Å²) in [6.07, 6.45) is 0.729. The molecule has 0 unspecified atom stereocenters. The van der Waals surface area contributed by atoms with Crippen molar-refractivity contribution in [3.05, 3.63) is 65.7 Å². The highest BCUT2D eigenvalue weighted by molar-refractivity contribution is 5.98. The average Bonchev–Trinajstić information content (AvgIpc) is 2.65. The summed E-state index contributed by atoms with van der Waals surface area (Å²) in [4.78, 5) is 23.2. The highest BCUT2D eigenvalue weighted by atomic mass is 16.6. The van der Waals surface area contributed by atoms with Crippen LogP contribution in [0.2, 0.25) is 0 Å². The number of hydrogen-bond acceptors (Lipinski definition) is 5. The molecule has 3 aromatic rings. The number of fused-ring (bicyclic) bond motifs is 1. The first-order valence-electron chi connectivity index (χ1n) is 9.11. The summed E-state index contributed by atoms with van der Waals surface area (Å²) in [5, 5.41) is 1.33. The minimum Gasteiger partial charge on any atom is -0.490 e. The maximum absolute atomic E-state index is 11.6. The maximum atomic E-state index is 11.6. The van der Waals surface area contributed by atoms with Crippen LogP contribution < -0.4 is 14.2 Å². The van der Waals surface area contributed by atoms with Gasteiger partial charge in [-0.2, -0.15) is 0 Å². The molecule has 0 amide bonds. The van der Waals surface area contributed by atoms with E-state index in [1.165, 1.54) is 19.4 Å². The Morgan fingerprint density at radius 2 is 1.50 bits per heavy atom. The molecule has 0 aliphatic carbocycles. The summed E-state index contributed by atoms with van der Waals surface area (Å²) >= 11 is 0. The lowest BCUT2D eigenvalue weighted by molar-refractivity contribution is -0.133. The molecule has 28 heavy (non-hydrogen) atoms. The number of esters is 2. The molecule has 5 nitrogen and oxygen atoms in total. The van der Waals surface area contributed by atoms with Gasteiger partial charge < -0.3 is 14.2 Å². The Morgan fingerprint density at radius 3 is 2.14 bits per heavy atom. The number of benzene rings is 3. The first-order valence-corrected chi connectivity index (χ1v) is 9.11. The minimum atomic E-state index is -0.448. The molecule has 0 saturated carbocycles. The standard InChI is InChI=1S/C23H22O5/c1-4-26-22-14-21(27-15(2)24)20-13-18(12-17-8-6-5-7-9-17)10-11-19(20)23(22)28-16(3)25/h5-11,13-14H,4,12H2,1-3H3. The van der Waals surface area contributed by atoms with Crippen LogP contribution in [-0.2, 0) is 16.0 Å². The van der Waals surface area contributed by atoms with E-state index in [0.29, 0.717) is 34.6 Å². The predicted molar refractivity (Wildman–Crippen MR) is 107 cm³/mol. The maximum Gasteiger partial charge on any atom is 0.308 e. The van der Waals surface area contributed by atoms with Gasteiger partial charge in [0.2, 0.25) is 0 Å². The number of ether oxygens (including phenoxy) is 3. The average molecular weight is 378 g/mol. The highest BCUT2D eigenvalue weighted by Gasteiger charge is 2.18. The quantitative estimate of drug-likeness (QED) is 0.460. The normalized spacial score (nSPS) is 10.5. The fourth-order valence-electron chi connectivity index (χ4n) is 3.08. The molecule has 3 rings (SSSR count). The van der Waals surface area contributed by atoms with Gasteiger partial charge in [-0.15, -0.1) is 0 Å². The van der Waals surface area contributed by atoms with Gasteiger partial charge in [-0.05, 0) is 30.5 Å². The summed E-state index contributed by atoms with van der Waals surface area (Å²) in [7, 11) is 0. The summed E-state index contributed by atoms with van der Waals surface area (Å²) in [6, 6.07) is 17.4. The van der Waals surface area contributed by atoms with Crippen molar-refractivity contribution in [1.29, 1.82) is 0 Å². The molecular formula is C23H22O5. The highest BCUT2D eigenvalue weighted by Crippen LogP contribution is 2.42. The van der Waals surface area contributed by atoms with Crippen LogP contribution in [0.1, 0.15) is 31.9 Å². The molecule has 0 bridgehead atoms. The van der Waals surface area contributed by atoms with E-state index in [-0.39, 0.29) is 0 Å². The third kappa shape index (κ3) is 4.49. The van der Waals surface area contributed by atoms with Crippen LogP contribution in [-0.4, -0.2) is 18.5 Å². The molecular weight excluding hydrogens is 356 g/mol. The first kappa shape index (κ1) is 19.4. The van der Waals surface area contributed by atoms with Crippen molar-refractivity contribution in [3.8, 4) is 17.2 Å². The van der Waals surface area contributed by atoms with Crippen molar-refractivity contribution >= 4 is 22.7 Å². The Kier molecular flexibility index (Phi) is 5.94. The topological polar surface area (TPSA) is 61.8 Å². The van der Waals surface area contributed by atoms with Crippen LogP contribution in [0.3, 0.4) is 0 Å². The molecule has 0 N–H and O–H groups in total. The summed E-state index contributed by atoms with van der Waals surface area (Å²) in [6.45, 7) is 4.90. The Labute approximate surface area is 163 Å². The third-order valence-electron chi connectivity index (χ3n) is 4.13. The third-order valence-corrected chi connectivity index (χ3v) is 4.13. The monoisotopic (exact) mass is 378 g/mol. The van der Waals surface area contributed by atoms with Crippen LogP contribution in [0.4, 0.5) is 0 Å². The second kappa shape index (κ2) is 8.57. The van der Waals surface area contributed by atoms with Gasteiger partial charge in [0.05, 0.1) is 6.61 Å². The number of hydrogen-bond donors (Lipinski definition) is 0. The van der Waals surface area contributed by atoms with E-state index in [1.54, 1.807) is 6.07 Å². The van der Waals surface area contributed by atoms with Gasteiger partial charge in [0.25, 0.3) is 0 Å². The lowest BCUT2D eigenvalue weighted by Gasteiger charge is -2.16. The van der Waals surface area contributed by atoms with Crippen molar-refractivity contribution in [2.75, 3.05) is 6.61 Å². The molecule has 0 fully saturated rings. The smallest absolute Gasteiger partial charge is 0.308 e. The molecule has 0 radical (unpaired) electrons. The van der Waals surface area contributed by atoms with E-state index >= 15 is 0 Å². The Morgan fingerprint density at radius 1 is 0.786 bits per heavy atom. The molecule has 5 heteroatoms. The van der Waals surface area contributed by atoms with Crippen LogP contribution >= 0.6 is 0 Å². The number of carbonyl (C=O) groups is 2. The molecule has 0 aliphatic heterocycles. The summed E-state index contributed by atoms with van der Waals surface area (Å²) in [5.41, 5.74) is 2.21. The molecule has 0 spiro atoms. The predicted octanol–water partition coefficient (Wildman–Crippen LogP) is 4.68. The molecule has 0 saturated heterocycles. The van der Waals surface area contributed by atoms with E-state index in [9.17, 15) is 9.59 Å².